The van der Waals surface area contributed by atoms with Crippen molar-refractivity contribution in [3.8, 4) is 0 Å². The second-order valence-corrected chi connectivity index (χ2v) is 4.56. The molecule has 8 heteroatoms. The van der Waals surface area contributed by atoms with Crippen LogP contribution in [-0.2, 0) is 17.0 Å². The van der Waals surface area contributed by atoms with Gasteiger partial charge < -0.3 is 14.5 Å². The summed E-state index contributed by atoms with van der Waals surface area (Å²) in [7, 11) is 0. The van der Waals surface area contributed by atoms with Crippen LogP contribution in [0.1, 0.15) is 11.5 Å². The number of rotatable bonds is 10. The number of furan rings is 1. The first kappa shape index (κ1) is 16.3. The Bertz CT molecular complexity index is 349. The first-order valence-electron chi connectivity index (χ1n) is 5.62. The molecule has 0 fully saturated rings. The van der Waals surface area contributed by atoms with E-state index in [-0.39, 0.29) is 12.4 Å². The van der Waals surface area contributed by atoms with E-state index in [0.717, 1.165) is 0 Å². The molecular formula is C11H15F4NO2S. The van der Waals surface area contributed by atoms with Crippen LogP contribution in [-0.4, -0.2) is 31.9 Å². The van der Waals surface area contributed by atoms with Gasteiger partial charge in [0.25, 0.3) is 12.2 Å². The first-order chi connectivity index (χ1) is 9.08. The lowest BCUT2D eigenvalue weighted by Gasteiger charge is -2.04. The smallest absolute Gasteiger partial charge is 0.284 e. The van der Waals surface area contributed by atoms with E-state index < -0.39 is 18.8 Å². The van der Waals surface area contributed by atoms with Gasteiger partial charge in [-0.25, -0.2) is 8.78 Å². The Morgan fingerprint density at radius 3 is 2.63 bits per heavy atom. The summed E-state index contributed by atoms with van der Waals surface area (Å²) < 4.78 is 57.3. The van der Waals surface area contributed by atoms with Crippen LogP contribution in [0.5, 0.6) is 0 Å². The zero-order valence-corrected chi connectivity index (χ0v) is 10.9. The molecule has 0 amide bonds. The van der Waals surface area contributed by atoms with Crippen molar-refractivity contribution >= 4 is 11.8 Å². The first-order valence-corrected chi connectivity index (χ1v) is 6.66. The van der Waals surface area contributed by atoms with E-state index in [1.807, 2.05) is 0 Å². The van der Waals surface area contributed by atoms with Gasteiger partial charge in [0, 0.05) is 6.54 Å². The van der Waals surface area contributed by atoms with Crippen LogP contribution in [0.4, 0.5) is 17.6 Å². The van der Waals surface area contributed by atoms with Gasteiger partial charge in [-0.2, -0.15) is 8.78 Å². The van der Waals surface area contributed by atoms with E-state index in [0.29, 0.717) is 36.4 Å². The maximum atomic E-state index is 11.9. The van der Waals surface area contributed by atoms with Gasteiger partial charge >= 0.3 is 0 Å². The van der Waals surface area contributed by atoms with Crippen LogP contribution >= 0.6 is 11.8 Å². The fourth-order valence-corrected chi connectivity index (χ4v) is 1.71. The fourth-order valence-electron chi connectivity index (χ4n) is 1.27. The lowest BCUT2D eigenvalue weighted by atomic mass is 10.4. The Morgan fingerprint density at radius 1 is 1.21 bits per heavy atom. The third-order valence-corrected chi connectivity index (χ3v) is 2.74. The summed E-state index contributed by atoms with van der Waals surface area (Å²) in [4.78, 5) is 0. The van der Waals surface area contributed by atoms with Crippen LogP contribution in [0.3, 0.4) is 0 Å². The van der Waals surface area contributed by atoms with Crippen molar-refractivity contribution in [1.82, 2.24) is 5.32 Å². The summed E-state index contributed by atoms with van der Waals surface area (Å²) in [5, 5.41) is 2.94. The Morgan fingerprint density at radius 2 is 1.95 bits per heavy atom. The predicted octanol–water partition coefficient (Wildman–Crippen LogP) is 3.11. The van der Waals surface area contributed by atoms with Crippen LogP contribution in [0, 0.1) is 0 Å². The van der Waals surface area contributed by atoms with Gasteiger partial charge in [-0.05, 0) is 12.1 Å². The second kappa shape index (κ2) is 9.22. The van der Waals surface area contributed by atoms with E-state index in [1.165, 1.54) is 0 Å². The molecule has 1 N–H and O–H groups in total. The molecule has 3 nitrogen and oxygen atoms in total. The van der Waals surface area contributed by atoms with E-state index in [1.54, 1.807) is 12.1 Å². The molecule has 0 radical (unpaired) electrons. The Labute approximate surface area is 112 Å². The number of thioether (sulfide) groups is 1. The molecule has 1 aromatic heterocycles. The standard InChI is InChI=1S/C11H15F4NO2S/c12-10(13)6-17-4-3-16-5-8-1-2-9(18-8)7-19-11(14)15/h1-2,10-11,16H,3-7H2. The van der Waals surface area contributed by atoms with Crippen molar-refractivity contribution in [2.45, 2.75) is 24.5 Å². The molecule has 1 heterocycles. The second-order valence-electron chi connectivity index (χ2n) is 3.58. The normalized spacial score (nSPS) is 11.7. The van der Waals surface area contributed by atoms with Crippen molar-refractivity contribution in [1.29, 1.82) is 0 Å². The minimum atomic E-state index is -2.46. The summed E-state index contributed by atoms with van der Waals surface area (Å²) in [6.07, 6.45) is -2.46. The SMILES string of the molecule is FC(F)COCCNCc1ccc(CSC(F)F)o1. The molecule has 1 aromatic rings. The Balaban J connectivity index is 2.09. The molecule has 110 valence electrons. The minimum Gasteiger partial charge on any atom is -0.464 e. The van der Waals surface area contributed by atoms with Gasteiger partial charge in [0.15, 0.2) is 0 Å². The molecule has 19 heavy (non-hydrogen) atoms. The summed E-state index contributed by atoms with van der Waals surface area (Å²) in [6, 6.07) is 3.33. The molecule has 0 aliphatic carbocycles. The van der Waals surface area contributed by atoms with E-state index >= 15 is 0 Å². The summed E-state index contributed by atoms with van der Waals surface area (Å²) in [5.41, 5.74) is 0. The molecule has 1 rings (SSSR count). The monoisotopic (exact) mass is 301 g/mol. The average Bonchev–Trinajstić information content (AvgIpc) is 2.78. The molecule has 0 bridgehead atoms. The van der Waals surface area contributed by atoms with Crippen molar-refractivity contribution in [2.24, 2.45) is 0 Å². The highest BCUT2D eigenvalue weighted by Gasteiger charge is 2.07. The number of halogens is 4. The van der Waals surface area contributed by atoms with E-state index in [4.69, 9.17) is 4.42 Å². The Hall–Kier alpha value is -0.730. The van der Waals surface area contributed by atoms with Gasteiger partial charge in [0.05, 0.1) is 18.9 Å². The number of hydrogen-bond acceptors (Lipinski definition) is 4. The summed E-state index contributed by atoms with van der Waals surface area (Å²) in [6.45, 7) is 0.419. The van der Waals surface area contributed by atoms with E-state index in [9.17, 15) is 17.6 Å². The summed E-state index contributed by atoms with van der Waals surface area (Å²) >= 11 is 0.497. The maximum Gasteiger partial charge on any atom is 0.284 e. The van der Waals surface area contributed by atoms with Crippen LogP contribution in [0.15, 0.2) is 16.5 Å². The lowest BCUT2D eigenvalue weighted by Crippen LogP contribution is -2.20. The van der Waals surface area contributed by atoms with Gasteiger partial charge in [-0.15, -0.1) is 0 Å². The highest BCUT2D eigenvalue weighted by atomic mass is 32.2. The van der Waals surface area contributed by atoms with Crippen LogP contribution in [0.25, 0.3) is 0 Å². The zero-order valence-electron chi connectivity index (χ0n) is 10.1. The topological polar surface area (TPSA) is 34.4 Å². The molecule has 0 aliphatic rings. The third kappa shape index (κ3) is 8.12. The number of nitrogens with one attached hydrogen (secondary N) is 1. The minimum absolute atomic E-state index is 0.120. The highest BCUT2D eigenvalue weighted by Crippen LogP contribution is 2.21. The van der Waals surface area contributed by atoms with Gasteiger partial charge in [-0.3, -0.25) is 0 Å². The highest BCUT2D eigenvalue weighted by molar-refractivity contribution is 7.98. The molecule has 0 spiro atoms. The molecule has 0 aromatic carbocycles. The van der Waals surface area contributed by atoms with Crippen LogP contribution in [0.2, 0.25) is 0 Å². The van der Waals surface area contributed by atoms with Crippen molar-refractivity contribution < 1.29 is 26.7 Å². The molecule has 0 atom stereocenters. The van der Waals surface area contributed by atoms with Crippen LogP contribution < -0.4 is 5.32 Å². The molecule has 0 saturated carbocycles. The molecule has 0 saturated heterocycles. The summed E-state index contributed by atoms with van der Waals surface area (Å²) in [5.74, 6) is -1.21. The zero-order chi connectivity index (χ0) is 14.1. The number of alkyl halides is 4. The maximum absolute atomic E-state index is 11.9. The van der Waals surface area contributed by atoms with Gasteiger partial charge in [0.1, 0.15) is 18.1 Å². The van der Waals surface area contributed by atoms with Gasteiger partial charge in [0.2, 0.25) is 0 Å². The lowest BCUT2D eigenvalue weighted by molar-refractivity contribution is 0.0186. The Kier molecular flexibility index (Phi) is 7.92. The molecule has 0 aliphatic heterocycles. The average molecular weight is 301 g/mol. The molecule has 0 unspecified atom stereocenters. The van der Waals surface area contributed by atoms with Crippen molar-refractivity contribution in [3.05, 3.63) is 23.7 Å². The number of ether oxygens (including phenoxy) is 1. The van der Waals surface area contributed by atoms with E-state index in [2.05, 4.69) is 10.1 Å². The quantitative estimate of drug-likeness (QED) is 0.532. The number of hydrogen-bond donors (Lipinski definition) is 1. The van der Waals surface area contributed by atoms with Crippen molar-refractivity contribution in [3.63, 3.8) is 0 Å². The van der Waals surface area contributed by atoms with Crippen molar-refractivity contribution in [2.75, 3.05) is 19.8 Å². The molecular weight excluding hydrogens is 286 g/mol. The fraction of sp³-hybridized carbons (Fsp3) is 0.636. The largest absolute Gasteiger partial charge is 0.464 e. The predicted molar refractivity (Wildman–Crippen MR) is 64.5 cm³/mol. The third-order valence-electron chi connectivity index (χ3n) is 2.04. The van der Waals surface area contributed by atoms with Gasteiger partial charge in [-0.1, -0.05) is 11.8 Å².